The molecule has 0 fully saturated rings. The number of guanidine groups is 1. The standard InChI is InChI=1S/C20H33N5/c1-5-25(6-2)13-9-10-16(3)23-20(21-4)22-15-18-14-17-11-7-8-12-19(17)24-18/h7-8,11-12,14,16,24H,5-6,9-10,13,15H2,1-4H3,(H2,21,22,23). The Morgan fingerprint density at radius 1 is 1.24 bits per heavy atom. The normalized spacial score (nSPS) is 13.4. The average Bonchev–Trinajstić information content (AvgIpc) is 3.05. The fourth-order valence-electron chi connectivity index (χ4n) is 3.07. The number of hydrogen-bond donors (Lipinski definition) is 3. The molecule has 25 heavy (non-hydrogen) atoms. The Hall–Kier alpha value is -2.01. The van der Waals surface area contributed by atoms with Crippen molar-refractivity contribution in [3.8, 4) is 0 Å². The number of aliphatic imine (C=N–C) groups is 1. The van der Waals surface area contributed by atoms with Crippen LogP contribution >= 0.6 is 0 Å². The second kappa shape index (κ2) is 10.1. The zero-order valence-corrected chi connectivity index (χ0v) is 16.1. The monoisotopic (exact) mass is 343 g/mol. The number of para-hydroxylation sites is 1. The number of hydrogen-bond acceptors (Lipinski definition) is 2. The highest BCUT2D eigenvalue weighted by Gasteiger charge is 2.07. The van der Waals surface area contributed by atoms with Gasteiger partial charge in [-0.3, -0.25) is 4.99 Å². The predicted octanol–water partition coefficient (Wildman–Crippen LogP) is 3.34. The molecule has 0 spiro atoms. The lowest BCUT2D eigenvalue weighted by molar-refractivity contribution is 0.292. The molecule has 0 aliphatic carbocycles. The van der Waals surface area contributed by atoms with Crippen LogP contribution in [-0.4, -0.2) is 48.6 Å². The van der Waals surface area contributed by atoms with Crippen LogP contribution in [-0.2, 0) is 6.54 Å². The molecule has 5 nitrogen and oxygen atoms in total. The zero-order valence-electron chi connectivity index (χ0n) is 16.1. The summed E-state index contributed by atoms with van der Waals surface area (Å²) >= 11 is 0. The Labute approximate surface area is 151 Å². The molecule has 0 aliphatic rings. The summed E-state index contributed by atoms with van der Waals surface area (Å²) in [4.78, 5) is 10.2. The summed E-state index contributed by atoms with van der Waals surface area (Å²) in [6.07, 6.45) is 2.35. The lowest BCUT2D eigenvalue weighted by Crippen LogP contribution is -2.42. The van der Waals surface area contributed by atoms with Crippen molar-refractivity contribution < 1.29 is 0 Å². The Balaban J connectivity index is 1.76. The molecule has 0 amide bonds. The van der Waals surface area contributed by atoms with Crippen molar-refractivity contribution in [1.29, 1.82) is 0 Å². The summed E-state index contributed by atoms with van der Waals surface area (Å²) in [5, 5.41) is 8.13. The summed E-state index contributed by atoms with van der Waals surface area (Å²) < 4.78 is 0. The van der Waals surface area contributed by atoms with Crippen molar-refractivity contribution in [3.05, 3.63) is 36.0 Å². The minimum Gasteiger partial charge on any atom is -0.357 e. The van der Waals surface area contributed by atoms with Crippen LogP contribution in [0.15, 0.2) is 35.3 Å². The molecule has 1 aromatic carbocycles. The number of nitrogens with zero attached hydrogens (tertiary/aromatic N) is 2. The van der Waals surface area contributed by atoms with E-state index in [2.05, 4.69) is 76.6 Å². The number of H-pyrrole nitrogens is 1. The van der Waals surface area contributed by atoms with Crippen LogP contribution in [0, 0.1) is 0 Å². The Morgan fingerprint density at radius 2 is 2.00 bits per heavy atom. The summed E-state index contributed by atoms with van der Waals surface area (Å²) in [6.45, 7) is 10.8. The molecule has 2 rings (SSSR count). The summed E-state index contributed by atoms with van der Waals surface area (Å²) in [7, 11) is 1.82. The van der Waals surface area contributed by atoms with E-state index in [1.54, 1.807) is 0 Å². The Kier molecular flexibility index (Phi) is 7.79. The molecule has 3 N–H and O–H groups in total. The molecule has 1 unspecified atom stereocenters. The van der Waals surface area contributed by atoms with Crippen molar-refractivity contribution in [3.63, 3.8) is 0 Å². The topological polar surface area (TPSA) is 55.4 Å². The number of nitrogens with one attached hydrogen (secondary N) is 3. The molecule has 0 saturated carbocycles. The second-order valence-electron chi connectivity index (χ2n) is 6.52. The lowest BCUT2D eigenvalue weighted by atomic mass is 10.2. The predicted molar refractivity (Wildman–Crippen MR) is 108 cm³/mol. The van der Waals surface area contributed by atoms with Gasteiger partial charge in [0.1, 0.15) is 0 Å². The molecule has 138 valence electrons. The van der Waals surface area contributed by atoms with Crippen LogP contribution in [0.3, 0.4) is 0 Å². The molecule has 0 aliphatic heterocycles. The minimum absolute atomic E-state index is 0.407. The molecule has 0 bridgehead atoms. The fourth-order valence-corrected chi connectivity index (χ4v) is 3.07. The van der Waals surface area contributed by atoms with Gasteiger partial charge in [0.15, 0.2) is 5.96 Å². The number of benzene rings is 1. The minimum atomic E-state index is 0.407. The first-order valence-corrected chi connectivity index (χ1v) is 9.42. The van der Waals surface area contributed by atoms with Crippen LogP contribution in [0.25, 0.3) is 10.9 Å². The average molecular weight is 344 g/mol. The van der Waals surface area contributed by atoms with Gasteiger partial charge >= 0.3 is 0 Å². The van der Waals surface area contributed by atoms with Crippen molar-refractivity contribution in [2.24, 2.45) is 4.99 Å². The summed E-state index contributed by atoms with van der Waals surface area (Å²) in [5.74, 6) is 0.856. The van der Waals surface area contributed by atoms with Gasteiger partial charge in [-0.2, -0.15) is 0 Å². The number of fused-ring (bicyclic) bond motifs is 1. The molecule has 2 aromatic rings. The van der Waals surface area contributed by atoms with Gasteiger partial charge in [-0.25, -0.2) is 0 Å². The third kappa shape index (κ3) is 6.09. The Morgan fingerprint density at radius 3 is 2.68 bits per heavy atom. The van der Waals surface area contributed by atoms with Crippen molar-refractivity contribution in [1.82, 2.24) is 20.5 Å². The van der Waals surface area contributed by atoms with Gasteiger partial charge in [0, 0.05) is 24.3 Å². The van der Waals surface area contributed by atoms with Crippen LogP contribution in [0.4, 0.5) is 0 Å². The van der Waals surface area contributed by atoms with Gasteiger partial charge in [-0.1, -0.05) is 32.0 Å². The van der Waals surface area contributed by atoms with Crippen molar-refractivity contribution in [2.45, 2.75) is 46.2 Å². The number of rotatable bonds is 9. The van der Waals surface area contributed by atoms with Crippen LogP contribution in [0.2, 0.25) is 0 Å². The van der Waals surface area contributed by atoms with Crippen molar-refractivity contribution in [2.75, 3.05) is 26.7 Å². The zero-order chi connectivity index (χ0) is 18.1. The van der Waals surface area contributed by atoms with Gasteiger partial charge < -0.3 is 20.5 Å². The highest BCUT2D eigenvalue weighted by Crippen LogP contribution is 2.14. The van der Waals surface area contributed by atoms with E-state index in [9.17, 15) is 0 Å². The quantitative estimate of drug-likeness (QED) is 0.483. The van der Waals surface area contributed by atoms with Gasteiger partial charge in [0.05, 0.1) is 6.54 Å². The maximum Gasteiger partial charge on any atom is 0.191 e. The molecule has 5 heteroatoms. The summed E-state index contributed by atoms with van der Waals surface area (Å²) in [5.41, 5.74) is 2.34. The molecule has 0 radical (unpaired) electrons. The van der Waals surface area contributed by atoms with E-state index in [1.807, 2.05) is 7.05 Å². The smallest absolute Gasteiger partial charge is 0.191 e. The first kappa shape index (κ1) is 19.3. The van der Waals surface area contributed by atoms with E-state index in [1.165, 1.54) is 29.6 Å². The van der Waals surface area contributed by atoms with Crippen molar-refractivity contribution >= 4 is 16.9 Å². The van der Waals surface area contributed by atoms with E-state index in [0.29, 0.717) is 6.04 Å². The molecular formula is C20H33N5. The molecule has 1 aromatic heterocycles. The molecule has 1 heterocycles. The SMILES string of the molecule is CCN(CC)CCCC(C)NC(=NC)NCc1cc2ccccc2[nH]1. The lowest BCUT2D eigenvalue weighted by Gasteiger charge is -2.21. The van der Waals surface area contributed by atoms with E-state index in [4.69, 9.17) is 0 Å². The molecule has 0 saturated heterocycles. The fraction of sp³-hybridized carbons (Fsp3) is 0.550. The Bertz CT molecular complexity index is 624. The van der Waals surface area contributed by atoms with E-state index >= 15 is 0 Å². The van der Waals surface area contributed by atoms with Crippen LogP contribution in [0.1, 0.15) is 39.3 Å². The van der Waals surface area contributed by atoms with E-state index in [-0.39, 0.29) is 0 Å². The first-order chi connectivity index (χ1) is 12.2. The summed E-state index contributed by atoms with van der Waals surface area (Å²) in [6, 6.07) is 10.9. The highest BCUT2D eigenvalue weighted by molar-refractivity contribution is 5.81. The third-order valence-electron chi connectivity index (χ3n) is 4.64. The molecule has 1 atom stereocenters. The van der Waals surface area contributed by atoms with Gasteiger partial charge in [-0.15, -0.1) is 0 Å². The first-order valence-electron chi connectivity index (χ1n) is 9.42. The molecular weight excluding hydrogens is 310 g/mol. The highest BCUT2D eigenvalue weighted by atomic mass is 15.2. The number of aromatic nitrogens is 1. The van der Waals surface area contributed by atoms with Crippen LogP contribution in [0.5, 0.6) is 0 Å². The number of aromatic amines is 1. The van der Waals surface area contributed by atoms with Crippen LogP contribution < -0.4 is 10.6 Å². The maximum absolute atomic E-state index is 4.34. The van der Waals surface area contributed by atoms with E-state index < -0.39 is 0 Å². The van der Waals surface area contributed by atoms with E-state index in [0.717, 1.165) is 32.0 Å². The maximum atomic E-state index is 4.34. The third-order valence-corrected chi connectivity index (χ3v) is 4.64. The van der Waals surface area contributed by atoms with Gasteiger partial charge in [0.2, 0.25) is 0 Å². The van der Waals surface area contributed by atoms with Gasteiger partial charge in [0.25, 0.3) is 0 Å². The largest absolute Gasteiger partial charge is 0.357 e. The van der Waals surface area contributed by atoms with Gasteiger partial charge in [-0.05, 0) is 56.9 Å². The second-order valence-corrected chi connectivity index (χ2v) is 6.52.